The van der Waals surface area contributed by atoms with Gasteiger partial charge in [0.1, 0.15) is 5.75 Å². The summed E-state index contributed by atoms with van der Waals surface area (Å²) in [5.41, 5.74) is 3.96. The van der Waals surface area contributed by atoms with Crippen molar-refractivity contribution in [1.82, 2.24) is 14.7 Å². The van der Waals surface area contributed by atoms with E-state index in [4.69, 9.17) is 14.6 Å². The van der Waals surface area contributed by atoms with Crippen molar-refractivity contribution in [1.29, 1.82) is 0 Å². The lowest BCUT2D eigenvalue weighted by Crippen LogP contribution is -2.43. The highest BCUT2D eigenvalue weighted by atomic mass is 16.5. The first-order valence-electron chi connectivity index (χ1n) is 8.64. The summed E-state index contributed by atoms with van der Waals surface area (Å²) in [6.07, 6.45) is 0.499. The maximum absolute atomic E-state index is 12.4. The fourth-order valence-electron chi connectivity index (χ4n) is 3.48. The average Bonchev–Trinajstić information content (AvgIpc) is 2.95. The Hall–Kier alpha value is -2.34. The van der Waals surface area contributed by atoms with Crippen molar-refractivity contribution in [3.63, 3.8) is 0 Å². The molecule has 0 bridgehead atoms. The maximum atomic E-state index is 12.4. The molecule has 1 atom stereocenters. The fourth-order valence-corrected chi connectivity index (χ4v) is 3.48. The first-order valence-corrected chi connectivity index (χ1v) is 8.64. The van der Waals surface area contributed by atoms with E-state index in [0.717, 1.165) is 28.4 Å². The van der Waals surface area contributed by atoms with Crippen molar-refractivity contribution in [3.8, 4) is 11.4 Å². The van der Waals surface area contributed by atoms with Gasteiger partial charge < -0.3 is 14.4 Å². The Labute approximate surface area is 148 Å². The SMILES string of the molecule is CCC(=O)N1CCOC[C@@H]1c1c(C)nn(-c2cccc(OC)c2)c1C. The number of aromatic nitrogens is 2. The van der Waals surface area contributed by atoms with Crippen molar-refractivity contribution < 1.29 is 14.3 Å². The number of amides is 1. The molecule has 25 heavy (non-hydrogen) atoms. The van der Waals surface area contributed by atoms with Crippen LogP contribution in [0.3, 0.4) is 0 Å². The molecule has 1 aromatic carbocycles. The summed E-state index contributed by atoms with van der Waals surface area (Å²) in [4.78, 5) is 14.3. The second-order valence-electron chi connectivity index (χ2n) is 6.23. The molecule has 1 aromatic heterocycles. The van der Waals surface area contributed by atoms with Crippen molar-refractivity contribution in [2.24, 2.45) is 0 Å². The number of aryl methyl sites for hydroxylation is 1. The first-order chi connectivity index (χ1) is 12.1. The number of morpholine rings is 1. The molecule has 1 amide bonds. The van der Waals surface area contributed by atoms with Gasteiger partial charge in [0.25, 0.3) is 0 Å². The van der Waals surface area contributed by atoms with Gasteiger partial charge in [0.05, 0.1) is 37.7 Å². The van der Waals surface area contributed by atoms with Crippen molar-refractivity contribution >= 4 is 5.91 Å². The molecule has 1 fully saturated rings. The van der Waals surface area contributed by atoms with Crippen LogP contribution in [0.5, 0.6) is 5.75 Å². The van der Waals surface area contributed by atoms with Crippen LogP contribution in [-0.4, -0.2) is 47.5 Å². The quantitative estimate of drug-likeness (QED) is 0.857. The first kappa shape index (κ1) is 17.5. The third-order valence-corrected chi connectivity index (χ3v) is 4.73. The molecule has 0 aliphatic carbocycles. The third kappa shape index (κ3) is 3.26. The monoisotopic (exact) mass is 343 g/mol. The van der Waals surface area contributed by atoms with Crippen LogP contribution in [0.25, 0.3) is 5.69 Å². The van der Waals surface area contributed by atoms with Crippen LogP contribution in [0.15, 0.2) is 24.3 Å². The summed E-state index contributed by atoms with van der Waals surface area (Å²) in [5, 5.41) is 4.72. The summed E-state index contributed by atoms with van der Waals surface area (Å²) in [6.45, 7) is 7.65. The summed E-state index contributed by atoms with van der Waals surface area (Å²) in [7, 11) is 1.65. The number of benzene rings is 1. The van der Waals surface area contributed by atoms with E-state index in [9.17, 15) is 4.79 Å². The van der Waals surface area contributed by atoms with Crippen molar-refractivity contribution in [2.75, 3.05) is 26.9 Å². The van der Waals surface area contributed by atoms with E-state index < -0.39 is 0 Å². The molecule has 0 spiro atoms. The average molecular weight is 343 g/mol. The molecule has 2 aromatic rings. The number of hydrogen-bond acceptors (Lipinski definition) is 4. The van der Waals surface area contributed by atoms with Gasteiger partial charge in [-0.3, -0.25) is 4.79 Å². The van der Waals surface area contributed by atoms with Crippen LogP contribution in [-0.2, 0) is 9.53 Å². The second-order valence-corrected chi connectivity index (χ2v) is 6.23. The maximum Gasteiger partial charge on any atom is 0.222 e. The summed E-state index contributed by atoms with van der Waals surface area (Å²) >= 11 is 0. The van der Waals surface area contributed by atoms with E-state index in [1.54, 1.807) is 7.11 Å². The number of carbonyl (C=O) groups excluding carboxylic acids is 1. The Balaban J connectivity index is 2.02. The minimum absolute atomic E-state index is 0.0828. The minimum Gasteiger partial charge on any atom is -0.497 e. The molecule has 0 unspecified atom stereocenters. The molecule has 6 nitrogen and oxygen atoms in total. The van der Waals surface area contributed by atoms with Gasteiger partial charge in [-0.2, -0.15) is 5.10 Å². The molecule has 1 aliphatic rings. The van der Waals surface area contributed by atoms with Crippen molar-refractivity contribution in [2.45, 2.75) is 33.2 Å². The summed E-state index contributed by atoms with van der Waals surface area (Å²) in [6, 6.07) is 7.72. The van der Waals surface area contributed by atoms with Gasteiger partial charge in [-0.1, -0.05) is 13.0 Å². The number of ether oxygens (including phenoxy) is 2. The van der Waals surface area contributed by atoms with Crippen LogP contribution in [0.4, 0.5) is 0 Å². The number of hydrogen-bond donors (Lipinski definition) is 0. The predicted molar refractivity (Wildman–Crippen MR) is 95.2 cm³/mol. The zero-order valence-corrected chi connectivity index (χ0v) is 15.3. The van der Waals surface area contributed by atoms with Crippen LogP contribution in [0.2, 0.25) is 0 Å². The molecule has 134 valence electrons. The topological polar surface area (TPSA) is 56.6 Å². The van der Waals surface area contributed by atoms with Gasteiger partial charge in [0.15, 0.2) is 0 Å². The zero-order chi connectivity index (χ0) is 18.0. The standard InChI is InChI=1S/C19H25N3O3/c1-5-18(23)21-9-10-25-12-17(21)19-13(2)20-22(14(19)3)15-7-6-8-16(11-15)24-4/h6-8,11,17H,5,9-10,12H2,1-4H3/t17-/m1/s1. The van der Waals surface area contributed by atoms with Gasteiger partial charge in [0.2, 0.25) is 5.91 Å². The minimum atomic E-state index is -0.0828. The molecular weight excluding hydrogens is 318 g/mol. The molecule has 1 aliphatic heterocycles. The Morgan fingerprint density at radius 2 is 2.20 bits per heavy atom. The number of rotatable bonds is 4. The molecule has 0 radical (unpaired) electrons. The Morgan fingerprint density at radius 3 is 2.92 bits per heavy atom. The number of methoxy groups -OCH3 is 1. The molecule has 2 heterocycles. The molecule has 1 saturated heterocycles. The molecule has 0 saturated carbocycles. The van der Waals surface area contributed by atoms with E-state index in [1.165, 1.54) is 0 Å². The Bertz CT molecular complexity index is 769. The zero-order valence-electron chi connectivity index (χ0n) is 15.3. The van der Waals surface area contributed by atoms with Gasteiger partial charge in [-0.25, -0.2) is 4.68 Å². The Kier molecular flexibility index (Phi) is 5.08. The van der Waals surface area contributed by atoms with Gasteiger partial charge in [-0.15, -0.1) is 0 Å². The van der Waals surface area contributed by atoms with Gasteiger partial charge in [0, 0.05) is 30.3 Å². The smallest absolute Gasteiger partial charge is 0.222 e. The lowest BCUT2D eigenvalue weighted by Gasteiger charge is -2.36. The largest absolute Gasteiger partial charge is 0.497 e. The fraction of sp³-hybridized carbons (Fsp3) is 0.474. The highest BCUT2D eigenvalue weighted by Crippen LogP contribution is 2.31. The Morgan fingerprint density at radius 1 is 1.40 bits per heavy atom. The van der Waals surface area contributed by atoms with Crippen LogP contribution in [0.1, 0.15) is 36.3 Å². The third-order valence-electron chi connectivity index (χ3n) is 4.73. The van der Waals surface area contributed by atoms with Gasteiger partial charge >= 0.3 is 0 Å². The van der Waals surface area contributed by atoms with Crippen LogP contribution in [0, 0.1) is 13.8 Å². The lowest BCUT2D eigenvalue weighted by atomic mass is 10.0. The van der Waals surface area contributed by atoms with Crippen LogP contribution < -0.4 is 4.74 Å². The number of carbonyl (C=O) groups is 1. The van der Waals surface area contributed by atoms with Gasteiger partial charge in [-0.05, 0) is 26.0 Å². The molecule has 3 rings (SSSR count). The lowest BCUT2D eigenvalue weighted by molar-refractivity contribution is -0.139. The van der Waals surface area contributed by atoms with E-state index >= 15 is 0 Å². The highest BCUT2D eigenvalue weighted by molar-refractivity contribution is 5.76. The second kappa shape index (κ2) is 7.27. The molecule has 6 heteroatoms. The number of nitrogens with zero attached hydrogens (tertiary/aromatic N) is 3. The summed E-state index contributed by atoms with van der Waals surface area (Å²) < 4.78 is 12.9. The van der Waals surface area contributed by atoms with E-state index in [0.29, 0.717) is 26.2 Å². The normalized spacial score (nSPS) is 17.6. The highest BCUT2D eigenvalue weighted by Gasteiger charge is 2.32. The summed E-state index contributed by atoms with van der Waals surface area (Å²) in [5.74, 6) is 0.941. The van der Waals surface area contributed by atoms with E-state index in [2.05, 4.69) is 0 Å². The van der Waals surface area contributed by atoms with E-state index in [1.807, 2.05) is 54.6 Å². The molecule has 0 N–H and O–H groups in total. The van der Waals surface area contributed by atoms with E-state index in [-0.39, 0.29) is 11.9 Å². The van der Waals surface area contributed by atoms with Crippen LogP contribution >= 0.6 is 0 Å². The molecular formula is C19H25N3O3. The predicted octanol–water partition coefficient (Wildman–Crippen LogP) is 2.81. The van der Waals surface area contributed by atoms with Crippen molar-refractivity contribution in [3.05, 3.63) is 41.2 Å².